The molecule has 18 heavy (non-hydrogen) atoms. The fraction of sp³-hybridized carbons (Fsp3) is 0.444. The van der Waals surface area contributed by atoms with Gasteiger partial charge in [-0.15, -0.1) is 0 Å². The van der Waals surface area contributed by atoms with E-state index in [0.29, 0.717) is 11.8 Å². The van der Waals surface area contributed by atoms with Gasteiger partial charge >= 0.3 is 0 Å². The Morgan fingerprint density at radius 1 is 1.22 bits per heavy atom. The van der Waals surface area contributed by atoms with E-state index in [4.69, 9.17) is 0 Å². The van der Waals surface area contributed by atoms with Crippen molar-refractivity contribution >= 4 is 5.57 Å². The summed E-state index contributed by atoms with van der Waals surface area (Å²) in [6, 6.07) is 6.90. The van der Waals surface area contributed by atoms with E-state index < -0.39 is 0 Å². The summed E-state index contributed by atoms with van der Waals surface area (Å²) in [6.45, 7) is 7.00. The van der Waals surface area contributed by atoms with Crippen molar-refractivity contribution in [3.05, 3.63) is 52.6 Å². The molecule has 0 N–H and O–H groups in total. The molecule has 2 aliphatic rings. The van der Waals surface area contributed by atoms with Crippen LogP contribution >= 0.6 is 0 Å². The van der Waals surface area contributed by atoms with Crippen molar-refractivity contribution in [1.82, 2.24) is 0 Å². The van der Waals surface area contributed by atoms with Crippen LogP contribution in [-0.4, -0.2) is 0 Å². The first-order chi connectivity index (χ1) is 8.68. The van der Waals surface area contributed by atoms with Crippen LogP contribution in [0.3, 0.4) is 0 Å². The number of benzene rings is 1. The SMILES string of the molecule is CC1Cc2c(cccc2C(C)C)C2=C1C=CCC2. The van der Waals surface area contributed by atoms with Crippen LogP contribution in [0.5, 0.6) is 0 Å². The molecule has 0 nitrogen and oxygen atoms in total. The Hall–Kier alpha value is -1.30. The predicted octanol–water partition coefficient (Wildman–Crippen LogP) is 5.11. The molecule has 94 valence electrons. The van der Waals surface area contributed by atoms with Crippen LogP contribution in [0.2, 0.25) is 0 Å². The molecule has 2 aliphatic carbocycles. The molecule has 0 amide bonds. The highest BCUT2D eigenvalue weighted by atomic mass is 14.3. The Labute approximate surface area is 110 Å². The van der Waals surface area contributed by atoms with Crippen LogP contribution in [0.15, 0.2) is 35.9 Å². The van der Waals surface area contributed by atoms with Gasteiger partial charge in [0.15, 0.2) is 0 Å². The van der Waals surface area contributed by atoms with Crippen LogP contribution in [-0.2, 0) is 6.42 Å². The minimum absolute atomic E-state index is 0.633. The van der Waals surface area contributed by atoms with Gasteiger partial charge in [0, 0.05) is 0 Å². The lowest BCUT2D eigenvalue weighted by molar-refractivity contribution is 0.661. The first-order valence-electron chi connectivity index (χ1n) is 7.20. The fourth-order valence-corrected chi connectivity index (χ4v) is 3.51. The van der Waals surface area contributed by atoms with Crippen molar-refractivity contribution in [1.29, 1.82) is 0 Å². The maximum absolute atomic E-state index is 2.38. The zero-order chi connectivity index (χ0) is 12.7. The Kier molecular flexibility index (Phi) is 2.89. The quantitative estimate of drug-likeness (QED) is 0.638. The number of hydrogen-bond donors (Lipinski definition) is 0. The standard InChI is InChI=1S/C18H22/c1-12(2)14-9-6-10-17-16-8-5-4-7-15(16)13(3)11-18(14)17/h4,6-7,9-10,12-13H,5,8,11H2,1-3H3. The van der Waals surface area contributed by atoms with E-state index in [9.17, 15) is 0 Å². The van der Waals surface area contributed by atoms with E-state index in [1.807, 2.05) is 0 Å². The van der Waals surface area contributed by atoms with Gasteiger partial charge in [-0.05, 0) is 58.9 Å². The number of hydrogen-bond acceptors (Lipinski definition) is 0. The molecule has 0 saturated carbocycles. The van der Waals surface area contributed by atoms with Crippen LogP contribution in [0.25, 0.3) is 5.57 Å². The number of fused-ring (bicyclic) bond motifs is 2. The van der Waals surface area contributed by atoms with Crippen LogP contribution in [0.4, 0.5) is 0 Å². The monoisotopic (exact) mass is 238 g/mol. The van der Waals surface area contributed by atoms with Gasteiger partial charge in [-0.1, -0.05) is 51.1 Å². The summed E-state index contributed by atoms with van der Waals surface area (Å²) in [6.07, 6.45) is 8.36. The molecule has 0 heteroatoms. The summed E-state index contributed by atoms with van der Waals surface area (Å²) < 4.78 is 0. The molecule has 0 bridgehead atoms. The normalized spacial score (nSPS) is 22.1. The lowest BCUT2D eigenvalue weighted by atomic mass is 9.73. The number of allylic oxidation sites excluding steroid dienone is 4. The lowest BCUT2D eigenvalue weighted by Crippen LogP contribution is -2.16. The van der Waals surface area contributed by atoms with Crippen molar-refractivity contribution in [2.75, 3.05) is 0 Å². The number of rotatable bonds is 1. The Balaban J connectivity index is 2.20. The molecule has 0 aliphatic heterocycles. The lowest BCUT2D eigenvalue weighted by Gasteiger charge is -2.31. The van der Waals surface area contributed by atoms with Crippen molar-refractivity contribution in [3.8, 4) is 0 Å². The van der Waals surface area contributed by atoms with Gasteiger partial charge in [0.2, 0.25) is 0 Å². The van der Waals surface area contributed by atoms with Crippen molar-refractivity contribution in [2.45, 2.75) is 46.0 Å². The first kappa shape index (κ1) is 11.8. The Bertz CT molecular complexity index is 529. The second kappa shape index (κ2) is 4.42. The summed E-state index contributed by atoms with van der Waals surface area (Å²) in [7, 11) is 0. The molecule has 0 aromatic heterocycles. The van der Waals surface area contributed by atoms with Crippen molar-refractivity contribution in [2.24, 2.45) is 5.92 Å². The van der Waals surface area contributed by atoms with Gasteiger partial charge in [0.25, 0.3) is 0 Å². The highest BCUT2D eigenvalue weighted by Gasteiger charge is 2.26. The second-order valence-corrected chi connectivity index (χ2v) is 6.01. The van der Waals surface area contributed by atoms with E-state index >= 15 is 0 Å². The third-order valence-electron chi connectivity index (χ3n) is 4.41. The summed E-state index contributed by atoms with van der Waals surface area (Å²) in [5.41, 5.74) is 7.93. The third-order valence-corrected chi connectivity index (χ3v) is 4.41. The fourth-order valence-electron chi connectivity index (χ4n) is 3.51. The van der Waals surface area contributed by atoms with E-state index in [0.717, 1.165) is 0 Å². The minimum Gasteiger partial charge on any atom is -0.0839 e. The summed E-state index contributed by atoms with van der Waals surface area (Å²) in [5, 5.41) is 0. The van der Waals surface area contributed by atoms with Crippen LogP contribution in [0, 0.1) is 5.92 Å². The van der Waals surface area contributed by atoms with Gasteiger partial charge in [-0.25, -0.2) is 0 Å². The summed E-state index contributed by atoms with van der Waals surface area (Å²) >= 11 is 0. The van der Waals surface area contributed by atoms with Crippen LogP contribution < -0.4 is 0 Å². The van der Waals surface area contributed by atoms with Gasteiger partial charge in [-0.2, -0.15) is 0 Å². The average molecular weight is 238 g/mol. The topological polar surface area (TPSA) is 0 Å². The summed E-state index contributed by atoms with van der Waals surface area (Å²) in [4.78, 5) is 0. The molecule has 1 unspecified atom stereocenters. The molecule has 0 spiro atoms. The maximum Gasteiger partial charge on any atom is -0.0147 e. The van der Waals surface area contributed by atoms with Gasteiger partial charge in [-0.3, -0.25) is 0 Å². The molecule has 0 heterocycles. The molecule has 0 radical (unpaired) electrons. The molecule has 3 rings (SSSR count). The van der Waals surface area contributed by atoms with Crippen molar-refractivity contribution < 1.29 is 0 Å². The van der Waals surface area contributed by atoms with E-state index in [2.05, 4.69) is 51.1 Å². The first-order valence-corrected chi connectivity index (χ1v) is 7.20. The molecular formula is C18H22. The highest BCUT2D eigenvalue weighted by Crippen LogP contribution is 2.42. The maximum atomic E-state index is 2.38. The van der Waals surface area contributed by atoms with E-state index in [1.54, 1.807) is 27.8 Å². The molecule has 1 atom stereocenters. The van der Waals surface area contributed by atoms with Gasteiger partial charge in [0.1, 0.15) is 0 Å². The van der Waals surface area contributed by atoms with Gasteiger partial charge in [0.05, 0.1) is 0 Å². The van der Waals surface area contributed by atoms with Gasteiger partial charge < -0.3 is 0 Å². The summed E-state index contributed by atoms with van der Waals surface area (Å²) in [5.74, 6) is 1.32. The largest absolute Gasteiger partial charge is 0.0839 e. The molecule has 1 aromatic carbocycles. The zero-order valence-corrected chi connectivity index (χ0v) is 11.7. The zero-order valence-electron chi connectivity index (χ0n) is 11.7. The average Bonchev–Trinajstić information content (AvgIpc) is 2.38. The van der Waals surface area contributed by atoms with E-state index in [1.165, 1.54) is 19.3 Å². The Morgan fingerprint density at radius 3 is 2.83 bits per heavy atom. The molecular weight excluding hydrogens is 216 g/mol. The highest BCUT2D eigenvalue weighted by molar-refractivity contribution is 5.77. The smallest absolute Gasteiger partial charge is 0.0147 e. The third kappa shape index (κ3) is 1.75. The molecule has 0 saturated heterocycles. The van der Waals surface area contributed by atoms with Crippen molar-refractivity contribution in [3.63, 3.8) is 0 Å². The van der Waals surface area contributed by atoms with E-state index in [-0.39, 0.29) is 0 Å². The molecule has 1 aromatic rings. The predicted molar refractivity (Wildman–Crippen MR) is 78.7 cm³/mol. The molecule has 0 fully saturated rings. The Morgan fingerprint density at radius 2 is 2.06 bits per heavy atom. The second-order valence-electron chi connectivity index (χ2n) is 6.01. The van der Waals surface area contributed by atoms with Crippen LogP contribution in [0.1, 0.15) is 56.2 Å². The minimum atomic E-state index is 0.633.